The molecule has 0 radical (unpaired) electrons. The highest BCUT2D eigenvalue weighted by molar-refractivity contribution is 6.32. The molecule has 1 saturated heterocycles. The van der Waals surface area contributed by atoms with Crippen LogP contribution in [-0.4, -0.2) is 55.2 Å². The molecule has 1 aliphatic rings. The molecule has 0 saturated carbocycles. The Labute approximate surface area is 200 Å². The normalized spacial score (nSPS) is 14.7. The van der Waals surface area contributed by atoms with Crippen LogP contribution in [0.3, 0.4) is 0 Å². The number of aromatic nitrogens is 2. The average molecular weight is 493 g/mol. The first-order valence-electron chi connectivity index (χ1n) is 10.6. The van der Waals surface area contributed by atoms with Crippen molar-refractivity contribution < 1.29 is 17.9 Å². The van der Waals surface area contributed by atoms with Crippen LogP contribution in [0.25, 0.3) is 0 Å². The number of methoxy groups -OCH3 is 1. The zero-order valence-electron chi connectivity index (χ0n) is 18.7. The monoisotopic (exact) mass is 492 g/mol. The van der Waals surface area contributed by atoms with E-state index in [9.17, 15) is 13.2 Å². The van der Waals surface area contributed by atoms with Crippen molar-refractivity contribution in [3.8, 4) is 5.75 Å². The van der Waals surface area contributed by atoms with Gasteiger partial charge in [0, 0.05) is 55.5 Å². The first-order chi connectivity index (χ1) is 16.2. The molecule has 0 unspecified atom stereocenters. The molecular weight excluding hydrogens is 469 g/mol. The Bertz CT molecular complexity index is 1130. The van der Waals surface area contributed by atoms with Crippen LogP contribution in [0.4, 0.5) is 42.0 Å². The summed E-state index contributed by atoms with van der Waals surface area (Å²) in [4.78, 5) is 12.4. The van der Waals surface area contributed by atoms with Gasteiger partial charge >= 0.3 is 6.18 Å². The molecule has 0 amide bonds. The van der Waals surface area contributed by atoms with E-state index in [-0.39, 0.29) is 11.8 Å². The van der Waals surface area contributed by atoms with Gasteiger partial charge in [0.15, 0.2) is 0 Å². The average Bonchev–Trinajstić information content (AvgIpc) is 2.81. The van der Waals surface area contributed by atoms with E-state index in [4.69, 9.17) is 16.3 Å². The van der Waals surface area contributed by atoms with Crippen LogP contribution in [0, 0.1) is 0 Å². The molecule has 0 aliphatic carbocycles. The number of alkyl halides is 3. The van der Waals surface area contributed by atoms with Crippen molar-refractivity contribution >= 4 is 40.4 Å². The summed E-state index contributed by atoms with van der Waals surface area (Å²) < 4.78 is 46.0. The molecule has 1 aliphatic heterocycles. The van der Waals surface area contributed by atoms with Gasteiger partial charge in [0.2, 0.25) is 5.95 Å². The number of likely N-dealkylation sites (N-methyl/N-ethyl adjacent to an activating group) is 1. The van der Waals surface area contributed by atoms with Crippen LogP contribution in [0.1, 0.15) is 5.56 Å². The number of hydrogen-bond acceptors (Lipinski definition) is 7. The number of piperazine rings is 1. The van der Waals surface area contributed by atoms with Gasteiger partial charge < -0.3 is 25.2 Å². The zero-order valence-corrected chi connectivity index (χ0v) is 19.4. The van der Waals surface area contributed by atoms with Crippen LogP contribution in [0.15, 0.2) is 48.7 Å². The molecule has 1 fully saturated rings. The third-order valence-electron chi connectivity index (χ3n) is 5.50. The number of hydrogen-bond donors (Lipinski definition) is 2. The number of rotatable bonds is 6. The second-order valence-corrected chi connectivity index (χ2v) is 8.30. The predicted octanol–water partition coefficient (Wildman–Crippen LogP) is 5.40. The highest BCUT2D eigenvalue weighted by atomic mass is 35.5. The summed E-state index contributed by atoms with van der Waals surface area (Å²) in [7, 11) is 3.55. The third kappa shape index (κ3) is 5.63. The van der Waals surface area contributed by atoms with E-state index in [1.165, 1.54) is 7.11 Å². The SMILES string of the molecule is COc1cc(Nc2ncc(C(F)(F)F)c(Nc3ccc(N4CCN(C)CC4)cc3)n2)ccc1Cl. The smallest absolute Gasteiger partial charge is 0.421 e. The Morgan fingerprint density at radius 2 is 1.65 bits per heavy atom. The van der Waals surface area contributed by atoms with E-state index < -0.39 is 11.7 Å². The van der Waals surface area contributed by atoms with E-state index in [0.29, 0.717) is 22.1 Å². The fraction of sp³-hybridized carbons (Fsp3) is 0.304. The fourth-order valence-corrected chi connectivity index (χ4v) is 3.76. The van der Waals surface area contributed by atoms with Gasteiger partial charge in [-0.05, 0) is 43.4 Å². The van der Waals surface area contributed by atoms with Crippen molar-refractivity contribution in [2.75, 3.05) is 55.9 Å². The second-order valence-electron chi connectivity index (χ2n) is 7.89. The molecule has 180 valence electrons. The summed E-state index contributed by atoms with van der Waals surface area (Å²) >= 11 is 6.03. The molecule has 7 nitrogen and oxygen atoms in total. The van der Waals surface area contributed by atoms with Gasteiger partial charge in [-0.15, -0.1) is 0 Å². The Hall–Kier alpha value is -3.24. The largest absolute Gasteiger partial charge is 0.495 e. The van der Waals surface area contributed by atoms with Crippen LogP contribution in [-0.2, 0) is 6.18 Å². The van der Waals surface area contributed by atoms with E-state index >= 15 is 0 Å². The lowest BCUT2D eigenvalue weighted by atomic mass is 10.2. The van der Waals surface area contributed by atoms with E-state index in [1.807, 2.05) is 12.1 Å². The van der Waals surface area contributed by atoms with Crippen molar-refractivity contribution in [2.45, 2.75) is 6.18 Å². The quantitative estimate of drug-likeness (QED) is 0.478. The van der Waals surface area contributed by atoms with Crippen LogP contribution in [0.5, 0.6) is 5.75 Å². The third-order valence-corrected chi connectivity index (χ3v) is 5.81. The minimum atomic E-state index is -4.62. The lowest BCUT2D eigenvalue weighted by molar-refractivity contribution is -0.137. The number of nitrogens with one attached hydrogen (secondary N) is 2. The van der Waals surface area contributed by atoms with Crippen LogP contribution >= 0.6 is 11.6 Å². The standard InChI is InChI=1S/C23H24ClF3N6O/c1-32-9-11-33(12-10-32)17-6-3-15(4-7-17)29-21-18(23(25,26)27)14-28-22(31-21)30-16-5-8-19(24)20(13-16)34-2/h3-8,13-14H,9-12H2,1-2H3,(H2,28,29,30,31). The fourth-order valence-electron chi connectivity index (χ4n) is 3.57. The van der Waals surface area contributed by atoms with Crippen molar-refractivity contribution in [1.82, 2.24) is 14.9 Å². The minimum Gasteiger partial charge on any atom is -0.495 e. The van der Waals surface area contributed by atoms with Crippen LogP contribution < -0.4 is 20.3 Å². The summed E-state index contributed by atoms with van der Waals surface area (Å²) in [6, 6.07) is 12.1. The van der Waals surface area contributed by atoms with E-state index in [0.717, 1.165) is 38.1 Å². The van der Waals surface area contributed by atoms with Gasteiger partial charge in [-0.1, -0.05) is 11.6 Å². The molecule has 2 aromatic carbocycles. The Balaban J connectivity index is 1.56. The molecule has 0 atom stereocenters. The summed E-state index contributed by atoms with van der Waals surface area (Å²) in [5, 5.41) is 6.08. The maximum atomic E-state index is 13.6. The number of anilines is 5. The molecule has 2 heterocycles. The number of ether oxygens (including phenoxy) is 1. The van der Waals surface area contributed by atoms with Gasteiger partial charge in [-0.3, -0.25) is 0 Å². The number of benzene rings is 2. The molecule has 3 aromatic rings. The first kappa shape index (κ1) is 23.9. The van der Waals surface area contributed by atoms with Crippen molar-refractivity contribution in [1.29, 1.82) is 0 Å². The maximum absolute atomic E-state index is 13.6. The summed E-state index contributed by atoms with van der Waals surface area (Å²) in [5.41, 5.74) is 1.07. The number of halogens is 4. The summed E-state index contributed by atoms with van der Waals surface area (Å²) in [5.74, 6) is 0.0598. The molecule has 0 spiro atoms. The second kappa shape index (κ2) is 9.94. The molecule has 11 heteroatoms. The van der Waals surface area contributed by atoms with E-state index in [1.54, 1.807) is 30.3 Å². The predicted molar refractivity (Wildman–Crippen MR) is 128 cm³/mol. The van der Waals surface area contributed by atoms with Gasteiger partial charge in [-0.2, -0.15) is 18.2 Å². The first-order valence-corrected chi connectivity index (χ1v) is 11.0. The Kier molecular flexibility index (Phi) is 6.99. The molecule has 2 N–H and O–H groups in total. The summed E-state index contributed by atoms with van der Waals surface area (Å²) in [6.45, 7) is 3.73. The summed E-state index contributed by atoms with van der Waals surface area (Å²) in [6.07, 6.45) is -3.87. The van der Waals surface area contributed by atoms with Gasteiger partial charge in [-0.25, -0.2) is 4.98 Å². The maximum Gasteiger partial charge on any atom is 0.421 e. The molecule has 1 aromatic heterocycles. The number of nitrogens with zero attached hydrogens (tertiary/aromatic N) is 4. The zero-order chi connectivity index (χ0) is 24.3. The Morgan fingerprint density at radius 1 is 0.971 bits per heavy atom. The highest BCUT2D eigenvalue weighted by Crippen LogP contribution is 2.36. The topological polar surface area (TPSA) is 65.6 Å². The van der Waals surface area contributed by atoms with Crippen molar-refractivity contribution in [3.63, 3.8) is 0 Å². The van der Waals surface area contributed by atoms with Gasteiger partial charge in [0.05, 0.1) is 12.1 Å². The molecule has 0 bridgehead atoms. The lowest BCUT2D eigenvalue weighted by Crippen LogP contribution is -2.44. The molecule has 4 rings (SSSR count). The van der Waals surface area contributed by atoms with Gasteiger partial charge in [0.1, 0.15) is 17.1 Å². The lowest BCUT2D eigenvalue weighted by Gasteiger charge is -2.34. The Morgan fingerprint density at radius 3 is 2.29 bits per heavy atom. The van der Waals surface area contributed by atoms with Crippen molar-refractivity contribution in [3.05, 3.63) is 59.2 Å². The molecular formula is C23H24ClF3N6O. The van der Waals surface area contributed by atoms with E-state index in [2.05, 4.69) is 37.4 Å². The van der Waals surface area contributed by atoms with Crippen molar-refractivity contribution in [2.24, 2.45) is 0 Å². The highest BCUT2D eigenvalue weighted by Gasteiger charge is 2.35. The molecule has 34 heavy (non-hydrogen) atoms. The van der Waals surface area contributed by atoms with Crippen LogP contribution in [0.2, 0.25) is 5.02 Å². The minimum absolute atomic E-state index is 0.00562. The van der Waals surface area contributed by atoms with Gasteiger partial charge in [0.25, 0.3) is 0 Å².